The molecule has 0 aromatic carbocycles. The lowest BCUT2D eigenvalue weighted by Crippen LogP contribution is -2.39. The third-order valence-corrected chi connectivity index (χ3v) is 2.75. The lowest BCUT2D eigenvalue weighted by atomic mass is 9.86. The van der Waals surface area contributed by atoms with Crippen molar-refractivity contribution >= 4 is 23.5 Å². The summed E-state index contributed by atoms with van der Waals surface area (Å²) >= 11 is 5.64. The van der Waals surface area contributed by atoms with Gasteiger partial charge < -0.3 is 9.84 Å². The number of halogens is 1. The topological polar surface area (TPSA) is 63.6 Å². The molecule has 0 saturated heterocycles. The molecule has 0 aromatic rings. The van der Waals surface area contributed by atoms with Crippen molar-refractivity contribution in [3.05, 3.63) is 11.1 Å². The van der Waals surface area contributed by atoms with Crippen LogP contribution in [0.5, 0.6) is 0 Å². The predicted molar refractivity (Wildman–Crippen MR) is 65.8 cm³/mol. The average molecular weight is 263 g/mol. The fraction of sp³-hybridized carbons (Fsp3) is 0.667. The Bertz CT molecular complexity index is 320. The van der Waals surface area contributed by atoms with Gasteiger partial charge in [0.2, 0.25) is 0 Å². The van der Waals surface area contributed by atoms with Gasteiger partial charge in [-0.1, -0.05) is 24.6 Å². The molecule has 0 aliphatic carbocycles. The zero-order chi connectivity index (χ0) is 13.6. The first kappa shape index (κ1) is 16.0. The van der Waals surface area contributed by atoms with Crippen molar-refractivity contribution < 1.29 is 19.4 Å². The molecule has 0 spiro atoms. The summed E-state index contributed by atoms with van der Waals surface area (Å²) in [6.07, 6.45) is 1.88. The monoisotopic (exact) mass is 262 g/mol. The maximum atomic E-state index is 11.8. The van der Waals surface area contributed by atoms with E-state index in [9.17, 15) is 9.59 Å². The number of carbonyl (C=O) groups excluding carboxylic acids is 1. The number of hydrogen-bond donors (Lipinski definition) is 1. The molecule has 0 aliphatic heterocycles. The summed E-state index contributed by atoms with van der Waals surface area (Å²) in [5, 5.41) is 9.58. The third kappa shape index (κ3) is 4.77. The first-order valence-corrected chi connectivity index (χ1v) is 5.88. The van der Waals surface area contributed by atoms with Crippen LogP contribution in [0, 0.1) is 5.41 Å². The summed E-state index contributed by atoms with van der Waals surface area (Å²) in [4.78, 5) is 23.0. The molecule has 0 fully saturated rings. The summed E-state index contributed by atoms with van der Waals surface area (Å²) < 4.78 is 5.07. The molecule has 0 aromatic heterocycles. The minimum Gasteiger partial charge on any atom is -0.480 e. The molecule has 5 heteroatoms. The first-order valence-electron chi connectivity index (χ1n) is 5.50. The van der Waals surface area contributed by atoms with E-state index < -0.39 is 17.4 Å². The molecular weight excluding hydrogens is 244 g/mol. The van der Waals surface area contributed by atoms with Crippen LogP contribution in [0.3, 0.4) is 0 Å². The van der Waals surface area contributed by atoms with Gasteiger partial charge in [0.1, 0.15) is 0 Å². The average Bonchev–Trinajstić information content (AvgIpc) is 2.24. The highest BCUT2D eigenvalue weighted by Crippen LogP contribution is 2.26. The van der Waals surface area contributed by atoms with Crippen molar-refractivity contribution in [2.75, 3.05) is 0 Å². The third-order valence-electron chi connectivity index (χ3n) is 2.60. The van der Waals surface area contributed by atoms with Crippen LogP contribution in [0.1, 0.15) is 40.5 Å². The zero-order valence-corrected chi connectivity index (χ0v) is 11.4. The van der Waals surface area contributed by atoms with Gasteiger partial charge in [0, 0.05) is 5.03 Å². The molecule has 2 atom stereocenters. The summed E-state index contributed by atoms with van der Waals surface area (Å²) in [5.41, 5.74) is -1.58. The van der Waals surface area contributed by atoms with Crippen LogP contribution >= 0.6 is 11.6 Å². The van der Waals surface area contributed by atoms with Gasteiger partial charge in [-0.3, -0.25) is 9.59 Å². The van der Waals surface area contributed by atoms with E-state index >= 15 is 0 Å². The quantitative estimate of drug-likeness (QED) is 0.590. The second-order valence-electron chi connectivity index (χ2n) is 4.26. The lowest BCUT2D eigenvalue weighted by Gasteiger charge is -2.23. The lowest BCUT2D eigenvalue weighted by molar-refractivity contribution is -0.170. The Kier molecular flexibility index (Phi) is 6.24. The van der Waals surface area contributed by atoms with Gasteiger partial charge in [0.25, 0.3) is 0 Å². The van der Waals surface area contributed by atoms with Crippen LogP contribution in [0.4, 0.5) is 0 Å². The Morgan fingerprint density at radius 1 is 1.53 bits per heavy atom. The fourth-order valence-corrected chi connectivity index (χ4v) is 1.08. The van der Waals surface area contributed by atoms with Crippen LogP contribution < -0.4 is 0 Å². The Balaban J connectivity index is 4.88. The molecule has 0 aliphatic rings. The molecule has 0 amide bonds. The Labute approximate surface area is 107 Å². The molecule has 2 unspecified atom stereocenters. The van der Waals surface area contributed by atoms with Gasteiger partial charge in [-0.25, -0.2) is 0 Å². The van der Waals surface area contributed by atoms with E-state index in [0.29, 0.717) is 11.5 Å². The van der Waals surface area contributed by atoms with Crippen LogP contribution in [-0.4, -0.2) is 23.1 Å². The van der Waals surface area contributed by atoms with Gasteiger partial charge >= 0.3 is 11.9 Å². The highest BCUT2D eigenvalue weighted by molar-refractivity contribution is 6.29. The smallest absolute Gasteiger partial charge is 0.323 e. The van der Waals surface area contributed by atoms with E-state index in [2.05, 4.69) is 0 Å². The second-order valence-corrected chi connectivity index (χ2v) is 4.85. The van der Waals surface area contributed by atoms with E-state index in [-0.39, 0.29) is 12.5 Å². The highest BCUT2D eigenvalue weighted by atomic mass is 35.5. The van der Waals surface area contributed by atoms with Crippen molar-refractivity contribution in [1.29, 1.82) is 0 Å². The number of carboxylic acids is 1. The minimum atomic E-state index is -1.58. The molecule has 0 saturated carbocycles. The van der Waals surface area contributed by atoms with E-state index in [1.54, 1.807) is 13.8 Å². The Hall–Kier alpha value is -1.03. The Morgan fingerprint density at radius 2 is 2.06 bits per heavy atom. The maximum absolute atomic E-state index is 11.8. The number of esters is 1. The van der Waals surface area contributed by atoms with Gasteiger partial charge in [-0.05, 0) is 33.6 Å². The SMILES string of the molecule is CCC(C)OC(=O)C(C)(CC=C(C)Cl)C(=O)O. The van der Waals surface area contributed by atoms with Crippen LogP contribution in [-0.2, 0) is 14.3 Å². The minimum absolute atomic E-state index is 0.0208. The molecule has 0 radical (unpaired) electrons. The van der Waals surface area contributed by atoms with Crippen LogP contribution in [0.2, 0.25) is 0 Å². The molecule has 1 N–H and O–H groups in total. The number of carboxylic acid groups (broad SMARTS) is 1. The van der Waals surface area contributed by atoms with Gasteiger partial charge in [0.05, 0.1) is 6.10 Å². The van der Waals surface area contributed by atoms with Gasteiger partial charge in [-0.15, -0.1) is 0 Å². The molecule has 98 valence electrons. The number of carbonyl (C=O) groups is 2. The van der Waals surface area contributed by atoms with E-state index in [1.807, 2.05) is 6.92 Å². The summed E-state index contributed by atoms with van der Waals surface area (Å²) in [7, 11) is 0. The highest BCUT2D eigenvalue weighted by Gasteiger charge is 2.42. The van der Waals surface area contributed by atoms with E-state index in [4.69, 9.17) is 21.4 Å². The predicted octanol–water partition coefficient (Wildman–Crippen LogP) is 2.95. The molecule has 0 rings (SSSR count). The van der Waals surface area contributed by atoms with E-state index in [0.717, 1.165) is 0 Å². The molecule has 0 bridgehead atoms. The number of allylic oxidation sites excluding steroid dienone is 2. The molecular formula is C12H19ClO4. The van der Waals surface area contributed by atoms with Gasteiger partial charge in [-0.2, -0.15) is 0 Å². The summed E-state index contributed by atoms with van der Waals surface area (Å²) in [5.74, 6) is -1.94. The standard InChI is InChI=1S/C12H19ClO4/c1-5-9(3)17-11(16)12(4,10(14)15)7-6-8(2)13/h6,9H,5,7H2,1-4H3,(H,14,15). The van der Waals surface area contributed by atoms with Crippen LogP contribution in [0.15, 0.2) is 11.1 Å². The van der Waals surface area contributed by atoms with Crippen molar-refractivity contribution in [3.63, 3.8) is 0 Å². The van der Waals surface area contributed by atoms with Crippen molar-refractivity contribution in [1.82, 2.24) is 0 Å². The first-order chi connectivity index (χ1) is 7.74. The largest absolute Gasteiger partial charge is 0.480 e. The number of ether oxygens (including phenoxy) is 1. The normalized spacial score (nSPS) is 17.1. The fourth-order valence-electron chi connectivity index (χ4n) is 0.999. The maximum Gasteiger partial charge on any atom is 0.323 e. The molecule has 4 nitrogen and oxygen atoms in total. The van der Waals surface area contributed by atoms with Crippen LogP contribution in [0.25, 0.3) is 0 Å². The van der Waals surface area contributed by atoms with E-state index in [1.165, 1.54) is 13.0 Å². The molecule has 17 heavy (non-hydrogen) atoms. The number of rotatable bonds is 6. The molecule has 0 heterocycles. The Morgan fingerprint density at radius 3 is 2.41 bits per heavy atom. The second kappa shape index (κ2) is 6.64. The zero-order valence-electron chi connectivity index (χ0n) is 10.6. The number of aliphatic carboxylic acids is 1. The van der Waals surface area contributed by atoms with Crippen molar-refractivity contribution in [2.24, 2.45) is 5.41 Å². The summed E-state index contributed by atoms with van der Waals surface area (Å²) in [6, 6.07) is 0. The van der Waals surface area contributed by atoms with Crippen molar-refractivity contribution in [2.45, 2.75) is 46.6 Å². The van der Waals surface area contributed by atoms with Crippen molar-refractivity contribution in [3.8, 4) is 0 Å². The summed E-state index contributed by atoms with van der Waals surface area (Å²) in [6.45, 7) is 6.56. The number of hydrogen-bond acceptors (Lipinski definition) is 3. The van der Waals surface area contributed by atoms with Gasteiger partial charge in [0.15, 0.2) is 5.41 Å².